The molecule has 142 valence electrons. The van der Waals surface area contributed by atoms with E-state index in [2.05, 4.69) is 16.0 Å². The van der Waals surface area contributed by atoms with Gasteiger partial charge in [-0.15, -0.1) is 0 Å². The van der Waals surface area contributed by atoms with Crippen LogP contribution in [0, 0.1) is 24.5 Å². The average molecular weight is 373 g/mol. The molecule has 27 heavy (non-hydrogen) atoms. The van der Waals surface area contributed by atoms with Crippen LogP contribution in [-0.4, -0.2) is 17.9 Å². The first-order valence-electron chi connectivity index (χ1n) is 8.77. The van der Waals surface area contributed by atoms with Crippen molar-refractivity contribution in [2.45, 2.75) is 32.7 Å². The van der Waals surface area contributed by atoms with Gasteiger partial charge >= 0.3 is 0 Å². The maximum absolute atomic E-state index is 13.9. The predicted octanol–water partition coefficient (Wildman–Crippen LogP) is 4.06. The Labute approximate surface area is 156 Å². The summed E-state index contributed by atoms with van der Waals surface area (Å²) < 4.78 is 27.5. The van der Waals surface area contributed by atoms with E-state index < -0.39 is 17.7 Å². The lowest BCUT2D eigenvalue weighted by Crippen LogP contribution is -2.32. The molecule has 5 nitrogen and oxygen atoms in total. The number of carbonyl (C=O) groups is 2. The van der Waals surface area contributed by atoms with Crippen molar-refractivity contribution in [3.05, 3.63) is 53.6 Å². The molecule has 3 rings (SSSR count). The minimum absolute atomic E-state index is 0.0411. The quantitative estimate of drug-likeness (QED) is 0.715. The van der Waals surface area contributed by atoms with E-state index in [1.165, 1.54) is 24.3 Å². The van der Waals surface area contributed by atoms with Crippen LogP contribution in [0.5, 0.6) is 0 Å². The smallest absolute Gasteiger partial charge is 0.246 e. The Morgan fingerprint density at radius 3 is 2.37 bits per heavy atom. The third kappa shape index (κ3) is 4.81. The maximum Gasteiger partial charge on any atom is 0.246 e. The molecule has 0 radical (unpaired) electrons. The molecule has 0 bridgehead atoms. The van der Waals surface area contributed by atoms with E-state index in [9.17, 15) is 18.4 Å². The van der Waals surface area contributed by atoms with Gasteiger partial charge in [-0.3, -0.25) is 9.59 Å². The number of benzene rings is 2. The van der Waals surface area contributed by atoms with Crippen LogP contribution >= 0.6 is 0 Å². The van der Waals surface area contributed by atoms with Crippen molar-refractivity contribution in [2.75, 3.05) is 16.0 Å². The summed E-state index contributed by atoms with van der Waals surface area (Å²) in [5.74, 6) is -1.55. The van der Waals surface area contributed by atoms with E-state index in [4.69, 9.17) is 0 Å². The second-order valence-corrected chi connectivity index (χ2v) is 6.78. The fourth-order valence-corrected chi connectivity index (χ4v) is 2.53. The summed E-state index contributed by atoms with van der Waals surface area (Å²) in [6.45, 7) is 3.27. The molecular weight excluding hydrogens is 352 g/mol. The summed E-state index contributed by atoms with van der Waals surface area (Å²) in [4.78, 5) is 24.1. The number of carbonyl (C=O) groups excluding carboxylic acids is 2. The Morgan fingerprint density at radius 1 is 1.00 bits per heavy atom. The lowest BCUT2D eigenvalue weighted by atomic mass is 10.2. The van der Waals surface area contributed by atoms with Gasteiger partial charge in [0.05, 0.1) is 5.69 Å². The molecule has 2 aromatic rings. The highest BCUT2D eigenvalue weighted by Crippen LogP contribution is 2.31. The van der Waals surface area contributed by atoms with Crippen molar-refractivity contribution in [1.82, 2.24) is 0 Å². The molecule has 1 atom stereocenters. The molecule has 1 fully saturated rings. The number of nitrogens with one attached hydrogen (secondary N) is 3. The van der Waals surface area contributed by atoms with Crippen molar-refractivity contribution < 1.29 is 18.4 Å². The molecule has 3 N–H and O–H groups in total. The number of anilines is 3. The van der Waals surface area contributed by atoms with Crippen LogP contribution < -0.4 is 16.0 Å². The number of aryl methyl sites for hydroxylation is 1. The van der Waals surface area contributed by atoms with Crippen LogP contribution in [0.25, 0.3) is 0 Å². The highest BCUT2D eigenvalue weighted by atomic mass is 19.1. The van der Waals surface area contributed by atoms with E-state index >= 15 is 0 Å². The largest absolute Gasteiger partial charge is 0.374 e. The van der Waals surface area contributed by atoms with Gasteiger partial charge in [0.15, 0.2) is 0 Å². The van der Waals surface area contributed by atoms with Crippen molar-refractivity contribution >= 4 is 28.9 Å². The van der Waals surface area contributed by atoms with Crippen LogP contribution in [0.4, 0.5) is 25.8 Å². The Bertz CT molecular complexity index is 882. The Hall–Kier alpha value is -2.96. The molecular formula is C20H21F2N3O2. The normalized spacial score (nSPS) is 14.4. The topological polar surface area (TPSA) is 70.2 Å². The van der Waals surface area contributed by atoms with Crippen LogP contribution in [0.2, 0.25) is 0 Å². The Kier molecular flexibility index (Phi) is 5.39. The highest BCUT2D eigenvalue weighted by Gasteiger charge is 2.30. The summed E-state index contributed by atoms with van der Waals surface area (Å²) in [6.07, 6.45) is 1.64. The zero-order chi connectivity index (χ0) is 19.6. The summed E-state index contributed by atoms with van der Waals surface area (Å²) >= 11 is 0. The number of amides is 2. The molecule has 0 aliphatic heterocycles. The van der Waals surface area contributed by atoms with Gasteiger partial charge in [-0.2, -0.15) is 0 Å². The molecule has 7 heteroatoms. The van der Waals surface area contributed by atoms with Gasteiger partial charge in [-0.05, 0) is 62.6 Å². The minimum atomic E-state index is -0.660. The van der Waals surface area contributed by atoms with E-state index in [0.717, 1.165) is 12.8 Å². The van der Waals surface area contributed by atoms with Crippen molar-refractivity contribution in [2.24, 2.45) is 5.92 Å². The van der Waals surface area contributed by atoms with Crippen molar-refractivity contribution in [3.63, 3.8) is 0 Å². The third-order valence-electron chi connectivity index (χ3n) is 4.39. The van der Waals surface area contributed by atoms with Gasteiger partial charge < -0.3 is 16.0 Å². The van der Waals surface area contributed by atoms with E-state index in [1.807, 2.05) is 0 Å². The first-order chi connectivity index (χ1) is 12.8. The zero-order valence-corrected chi connectivity index (χ0v) is 15.1. The summed E-state index contributed by atoms with van der Waals surface area (Å²) in [7, 11) is 0. The molecule has 1 aliphatic rings. The van der Waals surface area contributed by atoms with Crippen LogP contribution in [0.1, 0.15) is 25.3 Å². The molecule has 0 unspecified atom stereocenters. The van der Waals surface area contributed by atoms with Gasteiger partial charge in [0.2, 0.25) is 11.8 Å². The van der Waals surface area contributed by atoms with Gasteiger partial charge in [-0.25, -0.2) is 8.78 Å². The molecule has 1 saturated carbocycles. The highest BCUT2D eigenvalue weighted by molar-refractivity contribution is 5.97. The third-order valence-corrected chi connectivity index (χ3v) is 4.39. The fourth-order valence-electron chi connectivity index (χ4n) is 2.53. The molecule has 1 aliphatic carbocycles. The lowest BCUT2D eigenvalue weighted by molar-refractivity contribution is -0.117. The number of hydrogen-bond donors (Lipinski definition) is 3. The van der Waals surface area contributed by atoms with E-state index in [0.29, 0.717) is 16.9 Å². The zero-order valence-electron chi connectivity index (χ0n) is 15.1. The predicted molar refractivity (Wildman–Crippen MR) is 101 cm³/mol. The standard InChI is InChI=1S/C20H21F2N3O2/c1-11-3-6-14(9-17(11)22)24-19(26)12(2)23-15-7-8-16(21)18(10-15)25-20(27)13-4-5-13/h3,6-10,12-13,23H,4-5H2,1-2H3,(H,24,26)(H,25,27)/t12-/m1/s1. The minimum Gasteiger partial charge on any atom is -0.374 e. The van der Waals surface area contributed by atoms with Crippen molar-refractivity contribution in [1.29, 1.82) is 0 Å². The summed E-state index contributed by atoms with van der Waals surface area (Å²) in [5, 5.41) is 8.15. The first kappa shape index (κ1) is 18.8. The second-order valence-electron chi connectivity index (χ2n) is 6.78. The first-order valence-corrected chi connectivity index (χ1v) is 8.77. The number of halogens is 2. The Morgan fingerprint density at radius 2 is 1.70 bits per heavy atom. The maximum atomic E-state index is 13.9. The molecule has 0 heterocycles. The summed E-state index contributed by atoms with van der Waals surface area (Å²) in [6, 6.07) is 7.95. The molecule has 2 amide bonds. The van der Waals surface area contributed by atoms with E-state index in [1.54, 1.807) is 26.0 Å². The molecule has 0 spiro atoms. The van der Waals surface area contributed by atoms with Crippen molar-refractivity contribution in [3.8, 4) is 0 Å². The van der Waals surface area contributed by atoms with Crippen LogP contribution in [0.3, 0.4) is 0 Å². The molecule has 0 saturated heterocycles. The average Bonchev–Trinajstić information content (AvgIpc) is 3.46. The van der Waals surface area contributed by atoms with Gasteiger partial charge in [0, 0.05) is 17.3 Å². The van der Waals surface area contributed by atoms with Gasteiger partial charge in [-0.1, -0.05) is 6.07 Å². The van der Waals surface area contributed by atoms with E-state index in [-0.39, 0.29) is 23.4 Å². The van der Waals surface area contributed by atoms with Gasteiger partial charge in [0.25, 0.3) is 0 Å². The number of hydrogen-bond acceptors (Lipinski definition) is 3. The molecule has 2 aromatic carbocycles. The van der Waals surface area contributed by atoms with Crippen LogP contribution in [0.15, 0.2) is 36.4 Å². The van der Waals surface area contributed by atoms with Gasteiger partial charge in [0.1, 0.15) is 17.7 Å². The molecule has 0 aromatic heterocycles. The summed E-state index contributed by atoms with van der Waals surface area (Å²) in [5.41, 5.74) is 1.41. The van der Waals surface area contributed by atoms with Crippen LogP contribution in [-0.2, 0) is 9.59 Å². The second kappa shape index (κ2) is 7.73. The number of rotatable bonds is 6. The Balaban J connectivity index is 1.63. The SMILES string of the molecule is Cc1ccc(NC(=O)[C@@H](C)Nc2ccc(F)c(NC(=O)C3CC3)c2)cc1F. The monoisotopic (exact) mass is 373 g/mol. The lowest BCUT2D eigenvalue weighted by Gasteiger charge is -2.16. The fraction of sp³-hybridized carbons (Fsp3) is 0.300.